The number of carbonyl (C=O) groups is 2. The Morgan fingerprint density at radius 3 is 2.32 bits per heavy atom. The Morgan fingerprint density at radius 1 is 1.14 bits per heavy atom. The molecule has 1 aliphatic rings. The van der Waals surface area contributed by atoms with Gasteiger partial charge in [-0.05, 0) is 57.4 Å². The molecule has 2 aromatic rings. The van der Waals surface area contributed by atoms with Gasteiger partial charge >= 0.3 is 0 Å². The van der Waals surface area contributed by atoms with E-state index in [2.05, 4.69) is 5.32 Å². The van der Waals surface area contributed by atoms with Crippen LogP contribution in [0.1, 0.15) is 48.4 Å². The molecule has 0 atom stereocenters. The van der Waals surface area contributed by atoms with Gasteiger partial charge in [-0.1, -0.05) is 12.1 Å². The van der Waals surface area contributed by atoms with Crippen molar-refractivity contribution in [1.82, 2.24) is 10.2 Å². The average Bonchev–Trinajstić information content (AvgIpc) is 3.14. The second-order valence-corrected chi connectivity index (χ2v) is 7.78. The first-order chi connectivity index (χ1) is 13.3. The summed E-state index contributed by atoms with van der Waals surface area (Å²) >= 11 is 0. The number of ether oxygens (including phenoxy) is 1. The first-order valence-electron chi connectivity index (χ1n) is 9.62. The van der Waals surface area contributed by atoms with Gasteiger partial charge in [0, 0.05) is 19.1 Å². The third-order valence-electron chi connectivity index (χ3n) is 5.57. The lowest BCUT2D eigenvalue weighted by atomic mass is 9.82. The number of methoxy groups -OCH3 is 1. The van der Waals surface area contributed by atoms with Crippen LogP contribution in [-0.2, 0) is 10.2 Å². The van der Waals surface area contributed by atoms with Gasteiger partial charge < -0.3 is 19.4 Å². The van der Waals surface area contributed by atoms with Gasteiger partial charge in [0.25, 0.3) is 5.91 Å². The Kier molecular flexibility index (Phi) is 5.77. The van der Waals surface area contributed by atoms with E-state index in [0.717, 1.165) is 24.2 Å². The number of aryl methyl sites for hydroxylation is 1. The highest BCUT2D eigenvalue weighted by Gasteiger charge is 2.35. The summed E-state index contributed by atoms with van der Waals surface area (Å²) < 4.78 is 10.4. The second kappa shape index (κ2) is 8.09. The maximum atomic E-state index is 13.1. The van der Waals surface area contributed by atoms with Crippen molar-refractivity contribution in [1.29, 1.82) is 0 Å². The molecule has 1 N–H and O–H groups in total. The zero-order valence-electron chi connectivity index (χ0n) is 17.0. The van der Waals surface area contributed by atoms with Crippen LogP contribution < -0.4 is 10.1 Å². The standard InChI is InChI=1S/C22H28N2O4/c1-15-19(11-14-28-15)20(25)23-17-9-12-24(13-10-17)21(26)22(2,3)16-5-7-18(27-4)8-6-16/h5-8,11,14,17H,9-10,12-13H2,1-4H3,(H,23,25). The molecule has 6 heteroatoms. The van der Waals surface area contributed by atoms with E-state index in [4.69, 9.17) is 9.15 Å². The minimum atomic E-state index is -0.615. The molecular weight excluding hydrogens is 356 g/mol. The maximum Gasteiger partial charge on any atom is 0.255 e. The summed E-state index contributed by atoms with van der Waals surface area (Å²) in [4.78, 5) is 27.4. The molecule has 3 rings (SSSR count). The van der Waals surface area contributed by atoms with Gasteiger partial charge in [-0.15, -0.1) is 0 Å². The van der Waals surface area contributed by atoms with E-state index in [0.29, 0.717) is 24.4 Å². The summed E-state index contributed by atoms with van der Waals surface area (Å²) in [6.45, 7) is 6.94. The molecule has 150 valence electrons. The largest absolute Gasteiger partial charge is 0.497 e. The van der Waals surface area contributed by atoms with Crippen molar-refractivity contribution in [2.24, 2.45) is 0 Å². The van der Waals surface area contributed by atoms with Crippen LogP contribution in [0, 0.1) is 6.92 Å². The lowest BCUT2D eigenvalue weighted by Crippen LogP contribution is -2.51. The molecule has 2 heterocycles. The maximum absolute atomic E-state index is 13.1. The highest BCUT2D eigenvalue weighted by molar-refractivity contribution is 5.95. The number of piperidine rings is 1. The number of nitrogens with zero attached hydrogens (tertiary/aromatic N) is 1. The molecule has 1 aliphatic heterocycles. The number of rotatable bonds is 5. The lowest BCUT2D eigenvalue weighted by molar-refractivity contribution is -0.137. The smallest absolute Gasteiger partial charge is 0.255 e. The summed E-state index contributed by atoms with van der Waals surface area (Å²) in [6.07, 6.45) is 3.01. The number of furan rings is 1. The summed E-state index contributed by atoms with van der Waals surface area (Å²) in [5.41, 5.74) is 0.916. The Bertz CT molecular complexity index is 830. The summed E-state index contributed by atoms with van der Waals surface area (Å²) in [5, 5.41) is 3.05. The minimum absolute atomic E-state index is 0.0648. The number of benzene rings is 1. The molecule has 0 spiro atoms. The van der Waals surface area contributed by atoms with E-state index in [1.807, 2.05) is 43.0 Å². The van der Waals surface area contributed by atoms with Crippen molar-refractivity contribution in [3.8, 4) is 5.75 Å². The quantitative estimate of drug-likeness (QED) is 0.859. The van der Waals surface area contributed by atoms with Crippen LogP contribution in [0.15, 0.2) is 41.0 Å². The Morgan fingerprint density at radius 2 is 1.79 bits per heavy atom. The molecule has 28 heavy (non-hydrogen) atoms. The van der Waals surface area contributed by atoms with Crippen molar-refractivity contribution in [2.45, 2.75) is 45.1 Å². The highest BCUT2D eigenvalue weighted by Crippen LogP contribution is 2.29. The molecule has 0 saturated carbocycles. The van der Waals surface area contributed by atoms with Gasteiger partial charge in [0.1, 0.15) is 11.5 Å². The third kappa shape index (κ3) is 4.06. The van der Waals surface area contributed by atoms with Crippen LogP contribution in [0.2, 0.25) is 0 Å². The monoisotopic (exact) mass is 384 g/mol. The molecule has 0 bridgehead atoms. The SMILES string of the molecule is COc1ccc(C(C)(C)C(=O)N2CCC(NC(=O)c3ccoc3C)CC2)cc1. The number of hydrogen-bond acceptors (Lipinski definition) is 4. The lowest BCUT2D eigenvalue weighted by Gasteiger charge is -2.37. The fraction of sp³-hybridized carbons (Fsp3) is 0.455. The average molecular weight is 384 g/mol. The first-order valence-corrected chi connectivity index (χ1v) is 9.62. The molecule has 2 amide bonds. The van der Waals surface area contributed by atoms with Gasteiger partial charge in [-0.3, -0.25) is 9.59 Å². The molecule has 1 fully saturated rings. The first kappa shape index (κ1) is 20.0. The van der Waals surface area contributed by atoms with E-state index in [1.165, 1.54) is 6.26 Å². The summed E-state index contributed by atoms with van der Waals surface area (Å²) in [5.74, 6) is 1.38. The fourth-order valence-electron chi connectivity index (χ4n) is 3.64. The molecule has 6 nitrogen and oxygen atoms in total. The van der Waals surface area contributed by atoms with Crippen molar-refractivity contribution < 1.29 is 18.7 Å². The molecule has 1 aromatic carbocycles. The van der Waals surface area contributed by atoms with Crippen molar-refractivity contribution >= 4 is 11.8 Å². The van der Waals surface area contributed by atoms with Gasteiger partial charge in [0.2, 0.25) is 5.91 Å². The summed E-state index contributed by atoms with van der Waals surface area (Å²) in [7, 11) is 1.63. The molecule has 0 radical (unpaired) electrons. The number of carbonyl (C=O) groups excluding carboxylic acids is 2. The Labute approximate surface area is 165 Å². The number of nitrogens with one attached hydrogen (secondary N) is 1. The van der Waals surface area contributed by atoms with Crippen LogP contribution in [0.3, 0.4) is 0 Å². The van der Waals surface area contributed by atoms with Crippen LogP contribution >= 0.6 is 0 Å². The zero-order chi connectivity index (χ0) is 20.3. The van der Waals surface area contributed by atoms with Gasteiger partial charge in [0.15, 0.2) is 0 Å². The van der Waals surface area contributed by atoms with E-state index >= 15 is 0 Å². The van der Waals surface area contributed by atoms with Crippen molar-refractivity contribution in [3.05, 3.63) is 53.5 Å². The van der Waals surface area contributed by atoms with Crippen LogP contribution in [-0.4, -0.2) is 43.0 Å². The number of amides is 2. The molecule has 0 unspecified atom stereocenters. The highest BCUT2D eigenvalue weighted by atomic mass is 16.5. The predicted octanol–water partition coefficient (Wildman–Crippen LogP) is 3.30. The fourth-order valence-corrected chi connectivity index (χ4v) is 3.64. The van der Waals surface area contributed by atoms with E-state index in [9.17, 15) is 9.59 Å². The number of likely N-dealkylation sites (tertiary alicyclic amines) is 1. The van der Waals surface area contributed by atoms with Crippen LogP contribution in [0.4, 0.5) is 0 Å². The number of hydrogen-bond donors (Lipinski definition) is 1. The molecule has 1 saturated heterocycles. The normalized spacial score (nSPS) is 15.4. The minimum Gasteiger partial charge on any atom is -0.497 e. The molecule has 0 aliphatic carbocycles. The van der Waals surface area contributed by atoms with Crippen molar-refractivity contribution in [3.63, 3.8) is 0 Å². The van der Waals surface area contributed by atoms with Crippen LogP contribution in [0.5, 0.6) is 5.75 Å². The van der Waals surface area contributed by atoms with Crippen LogP contribution in [0.25, 0.3) is 0 Å². The second-order valence-electron chi connectivity index (χ2n) is 7.78. The Balaban J connectivity index is 1.58. The predicted molar refractivity (Wildman–Crippen MR) is 107 cm³/mol. The third-order valence-corrected chi connectivity index (χ3v) is 5.57. The molecule has 1 aromatic heterocycles. The van der Waals surface area contributed by atoms with Crippen molar-refractivity contribution in [2.75, 3.05) is 20.2 Å². The molecular formula is C22H28N2O4. The van der Waals surface area contributed by atoms with E-state index < -0.39 is 5.41 Å². The van der Waals surface area contributed by atoms with E-state index in [-0.39, 0.29) is 17.9 Å². The topological polar surface area (TPSA) is 71.8 Å². The van der Waals surface area contributed by atoms with E-state index in [1.54, 1.807) is 20.1 Å². The van der Waals surface area contributed by atoms with Gasteiger partial charge in [-0.2, -0.15) is 0 Å². The van der Waals surface area contributed by atoms with Gasteiger partial charge in [0.05, 0.1) is 24.4 Å². The Hall–Kier alpha value is -2.76. The van der Waals surface area contributed by atoms with Gasteiger partial charge in [-0.25, -0.2) is 0 Å². The summed E-state index contributed by atoms with van der Waals surface area (Å²) in [6, 6.07) is 9.39. The zero-order valence-corrected chi connectivity index (χ0v) is 17.0.